The summed E-state index contributed by atoms with van der Waals surface area (Å²) in [6.45, 7) is 2.42. The smallest absolute Gasteiger partial charge is 0.254 e. The van der Waals surface area contributed by atoms with Crippen LogP contribution in [0.5, 0.6) is 0 Å². The lowest BCUT2D eigenvalue weighted by molar-refractivity contribution is 0.0683. The first kappa shape index (κ1) is 22.1. The van der Waals surface area contributed by atoms with Gasteiger partial charge >= 0.3 is 0 Å². The average molecular weight is 405 g/mol. The summed E-state index contributed by atoms with van der Waals surface area (Å²) >= 11 is 0. The minimum absolute atomic E-state index is 0. The molecule has 1 N–H and O–H groups in total. The molecule has 0 saturated carbocycles. The molecular weight excluding hydrogens is 379 g/mol. The summed E-state index contributed by atoms with van der Waals surface area (Å²) in [5.74, 6) is -0.120. The van der Waals surface area contributed by atoms with E-state index < -0.39 is 5.82 Å². The Hall–Kier alpha value is -2.24. The number of hydrogen-bond acceptors (Lipinski definition) is 3. The molecule has 0 bridgehead atoms. The van der Waals surface area contributed by atoms with Gasteiger partial charge in [0, 0.05) is 24.2 Å². The van der Waals surface area contributed by atoms with Crippen LogP contribution in [0.4, 0.5) is 4.39 Å². The van der Waals surface area contributed by atoms with E-state index in [0.717, 1.165) is 25.8 Å². The third-order valence-corrected chi connectivity index (χ3v) is 5.21. The number of nitrogens with one attached hydrogen (secondary N) is 1. The molecule has 1 heterocycles. The van der Waals surface area contributed by atoms with E-state index in [1.54, 1.807) is 24.3 Å². The Bertz CT molecular complexity index is 802. The number of ketones is 1. The van der Waals surface area contributed by atoms with E-state index in [9.17, 15) is 14.0 Å². The molecule has 1 fully saturated rings. The number of rotatable bonds is 6. The minimum Gasteiger partial charge on any atom is -0.339 e. The Labute approximate surface area is 171 Å². The molecular formula is C22H26ClFN2O2. The van der Waals surface area contributed by atoms with Crippen LogP contribution < -0.4 is 5.32 Å². The van der Waals surface area contributed by atoms with Crippen molar-refractivity contribution in [2.45, 2.75) is 19.3 Å². The zero-order valence-electron chi connectivity index (χ0n) is 16.0. The van der Waals surface area contributed by atoms with Gasteiger partial charge in [-0.15, -0.1) is 12.4 Å². The van der Waals surface area contributed by atoms with Crippen LogP contribution in [-0.4, -0.2) is 43.3 Å². The molecule has 6 heteroatoms. The van der Waals surface area contributed by atoms with Crippen molar-refractivity contribution in [1.82, 2.24) is 10.2 Å². The summed E-state index contributed by atoms with van der Waals surface area (Å²) < 4.78 is 13.1. The topological polar surface area (TPSA) is 49.4 Å². The molecule has 28 heavy (non-hydrogen) atoms. The third kappa shape index (κ3) is 5.18. The molecule has 150 valence electrons. The molecule has 0 aromatic heterocycles. The number of carbonyl (C=O) groups is 2. The van der Waals surface area contributed by atoms with Crippen LogP contribution in [0, 0.1) is 11.7 Å². The Balaban J connectivity index is 0.00000280. The maximum atomic E-state index is 13.1. The molecule has 2 aromatic rings. The van der Waals surface area contributed by atoms with Crippen molar-refractivity contribution < 1.29 is 14.0 Å². The van der Waals surface area contributed by atoms with Crippen LogP contribution in [0.2, 0.25) is 0 Å². The second-order valence-electron chi connectivity index (χ2n) is 7.01. The summed E-state index contributed by atoms with van der Waals surface area (Å²) in [5.41, 5.74) is 1.16. The van der Waals surface area contributed by atoms with Gasteiger partial charge in [0.05, 0.1) is 5.56 Å². The summed E-state index contributed by atoms with van der Waals surface area (Å²) in [6.07, 6.45) is 3.10. The van der Waals surface area contributed by atoms with Gasteiger partial charge in [0.15, 0.2) is 5.78 Å². The van der Waals surface area contributed by atoms with E-state index >= 15 is 0 Å². The predicted octanol–water partition coefficient (Wildman–Crippen LogP) is 3.94. The molecule has 0 radical (unpaired) electrons. The number of amides is 1. The van der Waals surface area contributed by atoms with Crippen LogP contribution in [0.1, 0.15) is 45.5 Å². The number of likely N-dealkylation sites (tertiary alicyclic amines) is 1. The fraction of sp³-hybridized carbons (Fsp3) is 0.364. The van der Waals surface area contributed by atoms with E-state index in [1.165, 1.54) is 24.3 Å². The lowest BCUT2D eigenvalue weighted by Gasteiger charge is -2.32. The van der Waals surface area contributed by atoms with E-state index in [4.69, 9.17) is 0 Å². The van der Waals surface area contributed by atoms with Gasteiger partial charge in [0.25, 0.3) is 5.91 Å². The highest BCUT2D eigenvalue weighted by atomic mass is 35.5. The highest BCUT2D eigenvalue weighted by molar-refractivity contribution is 6.15. The number of carbonyl (C=O) groups excluding carboxylic acids is 2. The molecule has 0 spiro atoms. The summed E-state index contributed by atoms with van der Waals surface area (Å²) in [5, 5.41) is 3.17. The van der Waals surface area contributed by atoms with E-state index in [0.29, 0.717) is 35.7 Å². The van der Waals surface area contributed by atoms with Crippen molar-refractivity contribution in [3.8, 4) is 0 Å². The van der Waals surface area contributed by atoms with Crippen LogP contribution in [0.25, 0.3) is 0 Å². The Morgan fingerprint density at radius 1 is 1.04 bits per heavy atom. The third-order valence-electron chi connectivity index (χ3n) is 5.21. The second-order valence-corrected chi connectivity index (χ2v) is 7.01. The number of piperidine rings is 1. The normalized spacial score (nSPS) is 14.4. The lowest BCUT2D eigenvalue weighted by Crippen LogP contribution is -2.39. The first-order chi connectivity index (χ1) is 13.1. The van der Waals surface area contributed by atoms with Crippen molar-refractivity contribution >= 4 is 24.1 Å². The molecule has 1 aliphatic rings. The van der Waals surface area contributed by atoms with Crippen LogP contribution in [0.15, 0.2) is 48.5 Å². The number of halogens is 2. The molecule has 0 unspecified atom stereocenters. The maximum Gasteiger partial charge on any atom is 0.254 e. The van der Waals surface area contributed by atoms with Gasteiger partial charge in [-0.25, -0.2) is 4.39 Å². The summed E-state index contributed by atoms with van der Waals surface area (Å²) in [7, 11) is 1.95. The van der Waals surface area contributed by atoms with Crippen LogP contribution in [-0.2, 0) is 0 Å². The average Bonchev–Trinajstić information content (AvgIpc) is 2.72. The van der Waals surface area contributed by atoms with Crippen molar-refractivity contribution in [1.29, 1.82) is 0 Å². The van der Waals surface area contributed by atoms with Crippen LogP contribution in [0.3, 0.4) is 0 Å². The van der Waals surface area contributed by atoms with Gasteiger partial charge in [-0.05, 0) is 69.1 Å². The fourth-order valence-electron chi connectivity index (χ4n) is 3.57. The number of hydrogen-bond donors (Lipinski definition) is 1. The predicted molar refractivity (Wildman–Crippen MR) is 111 cm³/mol. The Kier molecular flexibility index (Phi) is 8.15. The largest absolute Gasteiger partial charge is 0.339 e. The molecule has 1 saturated heterocycles. The van der Waals surface area contributed by atoms with Gasteiger partial charge in [-0.1, -0.05) is 18.2 Å². The first-order valence-electron chi connectivity index (χ1n) is 9.43. The zero-order valence-corrected chi connectivity index (χ0v) is 16.8. The highest BCUT2D eigenvalue weighted by Crippen LogP contribution is 2.23. The SMILES string of the molecule is CNCCC1CCN(C(=O)c2ccccc2C(=O)c2ccc(F)cc2)CC1.Cl. The molecule has 0 aliphatic carbocycles. The van der Waals surface area contributed by atoms with Crippen molar-refractivity contribution in [3.05, 3.63) is 71.0 Å². The van der Waals surface area contributed by atoms with Gasteiger partial charge in [0.2, 0.25) is 0 Å². The van der Waals surface area contributed by atoms with E-state index in [1.807, 2.05) is 11.9 Å². The van der Waals surface area contributed by atoms with Crippen molar-refractivity contribution in [2.24, 2.45) is 5.92 Å². The number of benzene rings is 2. The first-order valence-corrected chi connectivity index (χ1v) is 9.43. The van der Waals surface area contributed by atoms with Gasteiger partial charge < -0.3 is 10.2 Å². The molecule has 1 amide bonds. The Morgan fingerprint density at radius 3 is 2.25 bits per heavy atom. The summed E-state index contributed by atoms with van der Waals surface area (Å²) in [6, 6.07) is 12.3. The van der Waals surface area contributed by atoms with Gasteiger partial charge in [0.1, 0.15) is 5.82 Å². The molecule has 1 aliphatic heterocycles. The lowest BCUT2D eigenvalue weighted by atomic mass is 9.92. The Morgan fingerprint density at radius 2 is 1.64 bits per heavy atom. The monoisotopic (exact) mass is 404 g/mol. The standard InChI is InChI=1S/C22H25FN2O2.ClH/c1-24-13-10-16-11-14-25(15-12-16)22(27)20-5-3-2-4-19(20)21(26)17-6-8-18(23)9-7-17;/h2-9,16,24H,10-15H2,1H3;1H. The van der Waals surface area contributed by atoms with Crippen molar-refractivity contribution in [3.63, 3.8) is 0 Å². The molecule has 0 atom stereocenters. The highest BCUT2D eigenvalue weighted by Gasteiger charge is 2.26. The number of nitrogens with zero attached hydrogens (tertiary/aromatic N) is 1. The minimum atomic E-state index is -0.392. The van der Waals surface area contributed by atoms with E-state index in [-0.39, 0.29) is 24.1 Å². The molecule has 4 nitrogen and oxygen atoms in total. The van der Waals surface area contributed by atoms with E-state index in [2.05, 4.69) is 5.32 Å². The summed E-state index contributed by atoms with van der Waals surface area (Å²) in [4.78, 5) is 27.7. The second kappa shape index (κ2) is 10.3. The van der Waals surface area contributed by atoms with Gasteiger partial charge in [-0.2, -0.15) is 0 Å². The fourth-order valence-corrected chi connectivity index (χ4v) is 3.57. The quantitative estimate of drug-likeness (QED) is 0.742. The van der Waals surface area contributed by atoms with Gasteiger partial charge in [-0.3, -0.25) is 9.59 Å². The molecule has 3 rings (SSSR count). The van der Waals surface area contributed by atoms with Crippen LogP contribution >= 0.6 is 12.4 Å². The maximum absolute atomic E-state index is 13.1. The zero-order chi connectivity index (χ0) is 19.2. The van der Waals surface area contributed by atoms with Crippen molar-refractivity contribution in [2.75, 3.05) is 26.7 Å². The molecule has 2 aromatic carbocycles.